The molecule has 0 bridgehead atoms. The second-order valence-electron chi connectivity index (χ2n) is 7.25. The monoisotopic (exact) mass is 422 g/mol. The Morgan fingerprint density at radius 1 is 0.931 bits per heavy atom. The van der Waals surface area contributed by atoms with Crippen LogP contribution in [0.3, 0.4) is 0 Å². The van der Waals surface area contributed by atoms with E-state index >= 15 is 0 Å². The van der Waals surface area contributed by atoms with E-state index in [1.165, 1.54) is 17.7 Å². The molecule has 1 aliphatic rings. The fraction of sp³-hybridized carbons (Fsp3) is 0.409. The Labute approximate surface area is 173 Å². The van der Waals surface area contributed by atoms with Gasteiger partial charge in [0.2, 0.25) is 0 Å². The number of rotatable bonds is 5. The highest BCUT2D eigenvalue weighted by Crippen LogP contribution is 2.29. The van der Waals surface area contributed by atoms with Crippen LogP contribution in [0.1, 0.15) is 33.5 Å². The van der Waals surface area contributed by atoms with E-state index in [-0.39, 0.29) is 5.91 Å². The number of benzene rings is 2. The summed E-state index contributed by atoms with van der Waals surface area (Å²) in [6.45, 7) is 3.42. The number of halogens is 3. The van der Waals surface area contributed by atoms with Crippen molar-refractivity contribution in [2.45, 2.75) is 24.9 Å². The molecular formula is C22H25F3N2OS. The molecular weight excluding hydrogens is 397 g/mol. The summed E-state index contributed by atoms with van der Waals surface area (Å²) >= 11 is 1.75. The molecule has 156 valence electrons. The highest BCUT2D eigenvalue weighted by atomic mass is 32.2. The van der Waals surface area contributed by atoms with Crippen LogP contribution in [0, 0.1) is 0 Å². The molecule has 0 radical (unpaired) electrons. The van der Waals surface area contributed by atoms with Crippen molar-refractivity contribution >= 4 is 17.7 Å². The summed E-state index contributed by atoms with van der Waals surface area (Å²) in [5.74, 6) is 0.967. The molecule has 3 rings (SSSR count). The lowest BCUT2D eigenvalue weighted by molar-refractivity contribution is -0.137. The second kappa shape index (κ2) is 9.67. The van der Waals surface area contributed by atoms with E-state index in [0.717, 1.165) is 36.4 Å². The van der Waals surface area contributed by atoms with Gasteiger partial charge < -0.3 is 4.90 Å². The molecule has 0 aliphatic carbocycles. The summed E-state index contributed by atoms with van der Waals surface area (Å²) in [6, 6.07) is 13.1. The normalized spacial score (nSPS) is 15.9. The minimum Gasteiger partial charge on any atom is -0.337 e. The zero-order valence-corrected chi connectivity index (χ0v) is 17.2. The molecule has 1 saturated heterocycles. The first-order valence-electron chi connectivity index (χ1n) is 9.62. The van der Waals surface area contributed by atoms with Crippen molar-refractivity contribution in [3.05, 3.63) is 70.8 Å². The molecule has 1 amide bonds. The lowest BCUT2D eigenvalue weighted by Gasteiger charge is -2.22. The van der Waals surface area contributed by atoms with E-state index in [2.05, 4.69) is 4.90 Å². The molecule has 2 aromatic carbocycles. The third-order valence-corrected chi connectivity index (χ3v) is 5.70. The van der Waals surface area contributed by atoms with Crippen molar-refractivity contribution < 1.29 is 18.0 Å². The van der Waals surface area contributed by atoms with Crippen molar-refractivity contribution in [3.8, 4) is 0 Å². The van der Waals surface area contributed by atoms with Crippen LogP contribution < -0.4 is 0 Å². The van der Waals surface area contributed by atoms with Crippen LogP contribution >= 0.6 is 11.8 Å². The Morgan fingerprint density at radius 3 is 2.21 bits per heavy atom. The number of carbonyl (C=O) groups excluding carboxylic acids is 1. The van der Waals surface area contributed by atoms with E-state index in [1.54, 1.807) is 11.8 Å². The third-order valence-electron chi connectivity index (χ3n) is 5.08. The molecule has 0 unspecified atom stereocenters. The van der Waals surface area contributed by atoms with Gasteiger partial charge in [0.05, 0.1) is 5.56 Å². The molecule has 0 aromatic heterocycles. The molecule has 7 heteroatoms. The maximum absolute atomic E-state index is 12.8. The molecule has 29 heavy (non-hydrogen) atoms. The van der Waals surface area contributed by atoms with Gasteiger partial charge in [0, 0.05) is 44.0 Å². The van der Waals surface area contributed by atoms with Gasteiger partial charge in [-0.25, -0.2) is 0 Å². The van der Waals surface area contributed by atoms with Crippen LogP contribution in [-0.2, 0) is 18.5 Å². The highest BCUT2D eigenvalue weighted by Gasteiger charge is 2.30. The topological polar surface area (TPSA) is 23.6 Å². The predicted octanol–water partition coefficient (Wildman–Crippen LogP) is 4.92. The van der Waals surface area contributed by atoms with E-state index in [1.807, 2.05) is 35.4 Å². The number of hydrogen-bond acceptors (Lipinski definition) is 3. The van der Waals surface area contributed by atoms with Gasteiger partial charge in [-0.05, 0) is 48.1 Å². The maximum atomic E-state index is 12.8. The number of nitrogens with zero attached hydrogens (tertiary/aromatic N) is 2. The van der Waals surface area contributed by atoms with E-state index in [0.29, 0.717) is 31.7 Å². The quantitative estimate of drug-likeness (QED) is 0.684. The van der Waals surface area contributed by atoms with Crippen molar-refractivity contribution in [2.75, 3.05) is 32.4 Å². The van der Waals surface area contributed by atoms with Gasteiger partial charge in [0.15, 0.2) is 0 Å². The van der Waals surface area contributed by atoms with Gasteiger partial charge in [-0.3, -0.25) is 9.69 Å². The molecule has 2 aromatic rings. The molecule has 0 spiro atoms. The first kappa shape index (κ1) is 21.7. The molecule has 0 N–H and O–H groups in total. The number of thioether (sulfide) groups is 1. The van der Waals surface area contributed by atoms with Gasteiger partial charge in [-0.15, -0.1) is 0 Å². The molecule has 1 fully saturated rings. The van der Waals surface area contributed by atoms with Gasteiger partial charge in [-0.1, -0.05) is 24.3 Å². The Morgan fingerprint density at radius 2 is 1.59 bits per heavy atom. The van der Waals surface area contributed by atoms with Crippen LogP contribution in [0.25, 0.3) is 0 Å². The Hall–Kier alpha value is -1.99. The summed E-state index contributed by atoms with van der Waals surface area (Å²) in [7, 11) is 0. The molecule has 1 aliphatic heterocycles. The number of amides is 1. The number of hydrogen-bond donors (Lipinski definition) is 0. The van der Waals surface area contributed by atoms with Crippen LogP contribution in [0.5, 0.6) is 0 Å². The SMILES string of the molecule is CSCc1ccc(C(=O)N2CCCN(Cc3ccc(C(F)(F)F)cc3)CC2)cc1. The van der Waals surface area contributed by atoms with Crippen LogP contribution in [-0.4, -0.2) is 48.1 Å². The second-order valence-corrected chi connectivity index (χ2v) is 8.11. The Bertz CT molecular complexity index is 806. The van der Waals surface area contributed by atoms with Crippen molar-refractivity contribution in [1.82, 2.24) is 9.80 Å². The number of carbonyl (C=O) groups is 1. The minimum atomic E-state index is -4.31. The average Bonchev–Trinajstić information content (AvgIpc) is 2.94. The zero-order chi connectivity index (χ0) is 20.9. The fourth-order valence-electron chi connectivity index (χ4n) is 3.48. The van der Waals surface area contributed by atoms with Crippen LogP contribution in [0.15, 0.2) is 48.5 Å². The summed E-state index contributed by atoms with van der Waals surface area (Å²) < 4.78 is 38.1. The van der Waals surface area contributed by atoms with E-state index in [9.17, 15) is 18.0 Å². The van der Waals surface area contributed by atoms with Crippen molar-refractivity contribution in [2.24, 2.45) is 0 Å². The summed E-state index contributed by atoms with van der Waals surface area (Å²) in [6.07, 6.45) is -1.42. The molecule has 0 saturated carbocycles. The highest BCUT2D eigenvalue weighted by molar-refractivity contribution is 7.97. The average molecular weight is 423 g/mol. The standard InChI is InChI=1S/C22H25F3N2OS/c1-29-16-18-3-7-19(8-4-18)21(28)27-12-2-11-26(13-14-27)15-17-5-9-20(10-6-17)22(23,24)25/h3-10H,2,11-16H2,1H3. The van der Waals surface area contributed by atoms with E-state index < -0.39 is 11.7 Å². The molecule has 3 nitrogen and oxygen atoms in total. The fourth-order valence-corrected chi connectivity index (χ4v) is 4.01. The summed E-state index contributed by atoms with van der Waals surface area (Å²) in [5, 5.41) is 0. The summed E-state index contributed by atoms with van der Waals surface area (Å²) in [4.78, 5) is 16.9. The van der Waals surface area contributed by atoms with Gasteiger partial charge in [-0.2, -0.15) is 24.9 Å². The lowest BCUT2D eigenvalue weighted by atomic mass is 10.1. The maximum Gasteiger partial charge on any atom is 0.416 e. The molecule has 1 heterocycles. The van der Waals surface area contributed by atoms with Gasteiger partial charge >= 0.3 is 6.18 Å². The van der Waals surface area contributed by atoms with Crippen molar-refractivity contribution in [3.63, 3.8) is 0 Å². The largest absolute Gasteiger partial charge is 0.416 e. The minimum absolute atomic E-state index is 0.0390. The van der Waals surface area contributed by atoms with Gasteiger partial charge in [0.1, 0.15) is 0 Å². The van der Waals surface area contributed by atoms with Crippen molar-refractivity contribution in [1.29, 1.82) is 0 Å². The van der Waals surface area contributed by atoms with E-state index in [4.69, 9.17) is 0 Å². The number of alkyl halides is 3. The predicted molar refractivity (Wildman–Crippen MR) is 111 cm³/mol. The van der Waals surface area contributed by atoms with Crippen LogP contribution in [0.2, 0.25) is 0 Å². The smallest absolute Gasteiger partial charge is 0.337 e. The van der Waals surface area contributed by atoms with Gasteiger partial charge in [0.25, 0.3) is 5.91 Å². The Kier molecular flexibility index (Phi) is 7.24. The third kappa shape index (κ3) is 6.00. The lowest BCUT2D eigenvalue weighted by Crippen LogP contribution is -2.35. The summed E-state index contributed by atoms with van der Waals surface area (Å²) in [5.41, 5.74) is 2.12. The Balaban J connectivity index is 1.56. The first-order valence-corrected chi connectivity index (χ1v) is 11.0. The first-order chi connectivity index (χ1) is 13.9. The zero-order valence-electron chi connectivity index (χ0n) is 16.4. The molecule has 0 atom stereocenters. The van der Waals surface area contributed by atoms with Crippen LogP contribution in [0.4, 0.5) is 13.2 Å².